The van der Waals surface area contributed by atoms with E-state index in [-0.39, 0.29) is 18.8 Å². The zero-order chi connectivity index (χ0) is 21.7. The molecule has 0 fully saturated rings. The average molecular weight is 410 g/mol. The number of aromatic nitrogens is 2. The molecule has 0 saturated carbocycles. The van der Waals surface area contributed by atoms with Crippen molar-refractivity contribution in [1.29, 1.82) is 0 Å². The van der Waals surface area contributed by atoms with Crippen LogP contribution in [0.5, 0.6) is 17.4 Å². The van der Waals surface area contributed by atoms with E-state index in [9.17, 15) is 9.90 Å². The summed E-state index contributed by atoms with van der Waals surface area (Å²) >= 11 is 0. The molecule has 30 heavy (non-hydrogen) atoms. The predicted octanol–water partition coefficient (Wildman–Crippen LogP) is 3.28. The van der Waals surface area contributed by atoms with Crippen LogP contribution in [0, 0.1) is 6.92 Å². The molecule has 0 amide bonds. The molecule has 7 nitrogen and oxygen atoms in total. The van der Waals surface area contributed by atoms with Gasteiger partial charge in [0.15, 0.2) is 11.5 Å². The van der Waals surface area contributed by atoms with Crippen molar-refractivity contribution in [2.24, 2.45) is 0 Å². The zero-order valence-electron chi connectivity index (χ0n) is 17.6. The molecule has 0 bridgehead atoms. The van der Waals surface area contributed by atoms with Crippen LogP contribution in [0.2, 0.25) is 0 Å². The molecule has 3 aromatic rings. The molecular formula is C23H26N2O5. The fourth-order valence-electron chi connectivity index (χ4n) is 2.76. The number of pyridine rings is 2. The molecule has 0 spiro atoms. The summed E-state index contributed by atoms with van der Waals surface area (Å²) in [6.45, 7) is 5.58. The van der Waals surface area contributed by atoms with Gasteiger partial charge in [-0.25, -0.2) is 4.98 Å². The SMILES string of the molecule is COc1cc(-n2ccc(COc3cccc(C)n3)cc2=O)ccc1OCC(C)(C)O. The number of methoxy groups -OCH3 is 1. The molecular weight excluding hydrogens is 384 g/mol. The van der Waals surface area contributed by atoms with Gasteiger partial charge in [0.2, 0.25) is 5.88 Å². The van der Waals surface area contributed by atoms with E-state index in [0.717, 1.165) is 11.3 Å². The number of aliphatic hydroxyl groups is 1. The second kappa shape index (κ2) is 9.00. The van der Waals surface area contributed by atoms with Crippen molar-refractivity contribution in [2.45, 2.75) is 33.0 Å². The fraction of sp³-hybridized carbons (Fsp3) is 0.304. The quantitative estimate of drug-likeness (QED) is 0.614. The number of ether oxygens (including phenoxy) is 3. The van der Waals surface area contributed by atoms with Crippen molar-refractivity contribution < 1.29 is 19.3 Å². The van der Waals surface area contributed by atoms with Crippen LogP contribution >= 0.6 is 0 Å². The Hall–Kier alpha value is -3.32. The van der Waals surface area contributed by atoms with Crippen LogP contribution in [0.1, 0.15) is 25.1 Å². The maximum atomic E-state index is 12.6. The van der Waals surface area contributed by atoms with Gasteiger partial charge < -0.3 is 19.3 Å². The number of aryl methyl sites for hydroxylation is 1. The minimum atomic E-state index is -0.966. The topological polar surface area (TPSA) is 82.8 Å². The highest BCUT2D eigenvalue weighted by atomic mass is 16.5. The molecule has 0 aliphatic rings. The molecule has 158 valence electrons. The summed E-state index contributed by atoms with van der Waals surface area (Å²) in [4.78, 5) is 16.9. The largest absolute Gasteiger partial charge is 0.493 e. The van der Waals surface area contributed by atoms with E-state index in [0.29, 0.717) is 23.1 Å². The van der Waals surface area contributed by atoms with Crippen LogP contribution in [0.3, 0.4) is 0 Å². The minimum absolute atomic E-state index is 0.118. The maximum absolute atomic E-state index is 12.6. The van der Waals surface area contributed by atoms with Crippen molar-refractivity contribution in [3.8, 4) is 23.1 Å². The summed E-state index contributed by atoms with van der Waals surface area (Å²) < 4.78 is 18.2. The van der Waals surface area contributed by atoms with E-state index >= 15 is 0 Å². The van der Waals surface area contributed by atoms with E-state index in [1.54, 1.807) is 44.3 Å². The normalized spacial score (nSPS) is 11.2. The summed E-state index contributed by atoms with van der Waals surface area (Å²) in [7, 11) is 1.53. The highest BCUT2D eigenvalue weighted by Crippen LogP contribution is 2.29. The van der Waals surface area contributed by atoms with Gasteiger partial charge in [0.1, 0.15) is 13.2 Å². The molecule has 0 saturated heterocycles. The number of rotatable bonds is 8. The number of nitrogens with zero attached hydrogens (tertiary/aromatic N) is 2. The fourth-order valence-corrected chi connectivity index (χ4v) is 2.76. The Kier molecular flexibility index (Phi) is 6.42. The monoisotopic (exact) mass is 410 g/mol. The molecule has 1 aromatic carbocycles. The van der Waals surface area contributed by atoms with Crippen molar-refractivity contribution >= 4 is 0 Å². The van der Waals surface area contributed by atoms with Gasteiger partial charge in [-0.15, -0.1) is 0 Å². The molecule has 2 heterocycles. The number of hydrogen-bond acceptors (Lipinski definition) is 6. The van der Waals surface area contributed by atoms with Crippen LogP contribution in [0.4, 0.5) is 0 Å². The molecule has 0 atom stereocenters. The van der Waals surface area contributed by atoms with Crippen LogP contribution in [-0.2, 0) is 6.61 Å². The summed E-state index contributed by atoms with van der Waals surface area (Å²) in [5.74, 6) is 1.49. The van der Waals surface area contributed by atoms with Crippen LogP contribution < -0.4 is 19.8 Å². The first-order valence-electron chi connectivity index (χ1n) is 9.57. The van der Waals surface area contributed by atoms with E-state index in [4.69, 9.17) is 14.2 Å². The minimum Gasteiger partial charge on any atom is -0.493 e. The lowest BCUT2D eigenvalue weighted by atomic mass is 10.2. The first-order valence-corrected chi connectivity index (χ1v) is 9.57. The molecule has 0 unspecified atom stereocenters. The van der Waals surface area contributed by atoms with Crippen molar-refractivity contribution in [3.05, 3.63) is 76.3 Å². The van der Waals surface area contributed by atoms with Crippen LogP contribution in [0.25, 0.3) is 5.69 Å². The molecule has 0 radical (unpaired) electrons. The maximum Gasteiger partial charge on any atom is 0.255 e. The van der Waals surface area contributed by atoms with Crippen LogP contribution in [-0.4, -0.2) is 34.0 Å². The van der Waals surface area contributed by atoms with Gasteiger partial charge in [0.25, 0.3) is 5.56 Å². The Morgan fingerprint density at radius 1 is 1.07 bits per heavy atom. The summed E-state index contributed by atoms with van der Waals surface area (Å²) in [6, 6.07) is 14.1. The predicted molar refractivity (Wildman–Crippen MR) is 114 cm³/mol. The summed E-state index contributed by atoms with van der Waals surface area (Å²) in [6.07, 6.45) is 1.69. The van der Waals surface area contributed by atoms with E-state index < -0.39 is 5.60 Å². The number of hydrogen-bond donors (Lipinski definition) is 1. The zero-order valence-corrected chi connectivity index (χ0v) is 17.6. The van der Waals surface area contributed by atoms with Crippen molar-refractivity contribution in [1.82, 2.24) is 9.55 Å². The third-order valence-corrected chi connectivity index (χ3v) is 4.24. The van der Waals surface area contributed by atoms with Gasteiger partial charge in [-0.3, -0.25) is 9.36 Å². The Bertz CT molecular complexity index is 1070. The van der Waals surface area contributed by atoms with Gasteiger partial charge >= 0.3 is 0 Å². The third kappa shape index (κ3) is 5.61. The van der Waals surface area contributed by atoms with Gasteiger partial charge in [0.05, 0.1) is 18.4 Å². The molecule has 0 aliphatic carbocycles. The Balaban J connectivity index is 1.76. The lowest BCUT2D eigenvalue weighted by Crippen LogP contribution is -2.28. The molecule has 0 aliphatic heterocycles. The highest BCUT2D eigenvalue weighted by molar-refractivity contribution is 5.49. The van der Waals surface area contributed by atoms with Gasteiger partial charge in [-0.2, -0.15) is 0 Å². The second-order valence-electron chi connectivity index (χ2n) is 7.59. The standard InChI is InChI=1S/C23H26N2O5/c1-16-6-5-7-21(24-16)29-14-17-10-11-25(22(26)12-17)18-8-9-19(20(13-18)28-4)30-15-23(2,3)27/h5-13,27H,14-15H2,1-4H3. The van der Waals surface area contributed by atoms with Crippen molar-refractivity contribution in [3.63, 3.8) is 0 Å². The Labute approximate surface area is 175 Å². The summed E-state index contributed by atoms with van der Waals surface area (Å²) in [5.41, 5.74) is 1.09. The third-order valence-electron chi connectivity index (χ3n) is 4.24. The number of benzene rings is 1. The van der Waals surface area contributed by atoms with Gasteiger partial charge in [-0.05, 0) is 50.6 Å². The van der Waals surface area contributed by atoms with E-state index in [1.807, 2.05) is 25.1 Å². The Morgan fingerprint density at radius 3 is 2.53 bits per heavy atom. The average Bonchev–Trinajstić information content (AvgIpc) is 2.70. The van der Waals surface area contributed by atoms with E-state index in [1.165, 1.54) is 17.7 Å². The second-order valence-corrected chi connectivity index (χ2v) is 7.59. The van der Waals surface area contributed by atoms with E-state index in [2.05, 4.69) is 4.98 Å². The van der Waals surface area contributed by atoms with Crippen molar-refractivity contribution in [2.75, 3.05) is 13.7 Å². The molecule has 1 N–H and O–H groups in total. The summed E-state index contributed by atoms with van der Waals surface area (Å²) in [5, 5.41) is 9.84. The Morgan fingerprint density at radius 2 is 1.87 bits per heavy atom. The highest BCUT2D eigenvalue weighted by Gasteiger charge is 2.16. The molecule has 2 aromatic heterocycles. The van der Waals surface area contributed by atoms with Crippen LogP contribution in [0.15, 0.2) is 59.5 Å². The smallest absolute Gasteiger partial charge is 0.255 e. The lowest BCUT2D eigenvalue weighted by Gasteiger charge is -2.19. The van der Waals surface area contributed by atoms with Gasteiger partial charge in [-0.1, -0.05) is 6.07 Å². The van der Waals surface area contributed by atoms with Gasteiger partial charge in [0, 0.05) is 30.1 Å². The lowest BCUT2D eigenvalue weighted by molar-refractivity contribution is 0.0276. The molecule has 3 rings (SSSR count). The first-order chi connectivity index (χ1) is 14.2. The first kappa shape index (κ1) is 21.4. The molecule has 7 heteroatoms.